The number of hydrogen-bond donors (Lipinski definition) is 1. The van der Waals surface area contributed by atoms with Gasteiger partial charge in [0.25, 0.3) is 0 Å². The lowest BCUT2D eigenvalue weighted by atomic mass is 10.00. The van der Waals surface area contributed by atoms with E-state index in [4.69, 9.17) is 10.7 Å². The fourth-order valence-corrected chi connectivity index (χ4v) is 9.23. The first kappa shape index (κ1) is 31.3. The van der Waals surface area contributed by atoms with Crippen LogP contribution in [0.15, 0.2) is 181 Å². The Bertz CT molecular complexity index is 2980. The normalized spacial score (nSPS) is 13.2. The molecule has 0 saturated carbocycles. The molecule has 4 heteroatoms. The minimum atomic E-state index is -0.116. The predicted octanol–water partition coefficient (Wildman–Crippen LogP) is 13.0. The largest absolute Gasteiger partial charge is 0.398 e. The Hall–Kier alpha value is -6.49. The zero-order valence-electron chi connectivity index (χ0n) is 29.2. The molecule has 0 fully saturated rings. The Morgan fingerprint density at radius 3 is 1.85 bits per heavy atom. The minimum absolute atomic E-state index is 0.116. The second kappa shape index (κ2) is 12.6. The van der Waals surface area contributed by atoms with Crippen molar-refractivity contribution in [2.24, 2.45) is 10.7 Å². The monoisotopic (exact) mass is 697 g/mol. The maximum absolute atomic E-state index is 6.78. The summed E-state index contributed by atoms with van der Waals surface area (Å²) < 4.78 is 4.90. The quantitative estimate of drug-likeness (QED) is 0.173. The number of fused-ring (bicyclic) bond motifs is 10. The van der Waals surface area contributed by atoms with Gasteiger partial charge in [-0.2, -0.15) is 0 Å². The van der Waals surface area contributed by atoms with Crippen molar-refractivity contribution in [3.63, 3.8) is 0 Å². The number of benzene rings is 8. The molecule has 8 aromatic carbocycles. The van der Waals surface area contributed by atoms with Crippen molar-refractivity contribution in [1.29, 1.82) is 0 Å². The Morgan fingerprint density at radius 2 is 1.17 bits per heavy atom. The summed E-state index contributed by atoms with van der Waals surface area (Å²) in [6.45, 7) is 2.17. The third-order valence-corrected chi connectivity index (χ3v) is 11.8. The Kier molecular flexibility index (Phi) is 7.45. The maximum atomic E-state index is 6.78. The van der Waals surface area contributed by atoms with E-state index in [9.17, 15) is 0 Å². The second-order valence-corrected chi connectivity index (χ2v) is 14.8. The Morgan fingerprint density at radius 1 is 0.585 bits per heavy atom. The van der Waals surface area contributed by atoms with Crippen molar-refractivity contribution < 1.29 is 0 Å². The van der Waals surface area contributed by atoms with E-state index in [2.05, 4.69) is 151 Å². The van der Waals surface area contributed by atoms with E-state index in [0.717, 1.165) is 28.1 Å². The van der Waals surface area contributed by atoms with Gasteiger partial charge in [-0.1, -0.05) is 140 Å². The van der Waals surface area contributed by atoms with E-state index in [1.165, 1.54) is 63.5 Å². The fourth-order valence-electron chi connectivity index (χ4n) is 8.01. The van der Waals surface area contributed by atoms with Crippen molar-refractivity contribution in [2.75, 3.05) is 0 Å². The zero-order valence-corrected chi connectivity index (χ0v) is 30.0. The van der Waals surface area contributed by atoms with Crippen LogP contribution in [0.1, 0.15) is 29.7 Å². The molecule has 53 heavy (non-hydrogen) atoms. The number of aromatic nitrogens is 1. The van der Waals surface area contributed by atoms with E-state index in [1.54, 1.807) is 0 Å². The Balaban J connectivity index is 1.11. The van der Waals surface area contributed by atoms with Crippen molar-refractivity contribution in [1.82, 2.24) is 4.57 Å². The summed E-state index contributed by atoms with van der Waals surface area (Å²) in [5, 5.41) is 10.1. The molecule has 3 nitrogen and oxygen atoms in total. The van der Waals surface area contributed by atoms with E-state index < -0.39 is 0 Å². The third kappa shape index (κ3) is 5.22. The van der Waals surface area contributed by atoms with Crippen LogP contribution in [0, 0.1) is 0 Å². The van der Waals surface area contributed by atoms with Gasteiger partial charge in [0.2, 0.25) is 0 Å². The van der Waals surface area contributed by atoms with Crippen LogP contribution in [-0.4, -0.2) is 10.3 Å². The first-order chi connectivity index (χ1) is 26.1. The molecule has 2 N–H and O–H groups in total. The standard InChI is InChI=1S/C49H35N3S/c1-31(51-43(30-42(50)35-14-3-2-4-15-35)41-20-11-19-40-39-18-9-10-21-46(39)53-49(40)41)32-22-26-36(27-23-32)52-44-28-24-33-12-5-7-16-37(33)47(44)48-38-17-8-6-13-34(38)25-29-45(48)52/h2-31H,50H2,1H3/b42-30-,51-43?. The average Bonchev–Trinajstić information content (AvgIpc) is 3.77. The van der Waals surface area contributed by atoms with Gasteiger partial charge in [-0.3, -0.25) is 4.99 Å². The Labute approximate surface area is 311 Å². The number of allylic oxidation sites excluding steroid dienone is 1. The molecule has 1 atom stereocenters. The van der Waals surface area contributed by atoms with E-state index in [-0.39, 0.29) is 6.04 Å². The second-order valence-electron chi connectivity index (χ2n) is 13.7. The minimum Gasteiger partial charge on any atom is -0.398 e. The maximum Gasteiger partial charge on any atom is 0.0728 e. The van der Waals surface area contributed by atoms with Crippen LogP contribution < -0.4 is 5.73 Å². The number of rotatable bonds is 6. The highest BCUT2D eigenvalue weighted by molar-refractivity contribution is 7.26. The predicted molar refractivity (Wildman–Crippen MR) is 229 cm³/mol. The van der Waals surface area contributed by atoms with Gasteiger partial charge < -0.3 is 10.3 Å². The number of nitrogens with zero attached hydrogens (tertiary/aromatic N) is 2. The molecule has 0 saturated heterocycles. The smallest absolute Gasteiger partial charge is 0.0728 e. The van der Waals surface area contributed by atoms with Crippen molar-refractivity contribution in [2.45, 2.75) is 13.0 Å². The molecule has 0 aliphatic heterocycles. The van der Waals surface area contributed by atoms with Crippen LogP contribution >= 0.6 is 11.3 Å². The van der Waals surface area contributed by atoms with E-state index >= 15 is 0 Å². The average molecular weight is 698 g/mol. The first-order valence-electron chi connectivity index (χ1n) is 18.1. The lowest BCUT2D eigenvalue weighted by molar-refractivity contribution is 0.821. The molecule has 0 radical (unpaired) electrons. The van der Waals surface area contributed by atoms with Gasteiger partial charge in [0, 0.05) is 47.9 Å². The van der Waals surface area contributed by atoms with Crippen LogP contribution in [0.2, 0.25) is 0 Å². The molecule has 0 bridgehead atoms. The highest BCUT2D eigenvalue weighted by Gasteiger charge is 2.18. The molecule has 2 heterocycles. The zero-order chi connectivity index (χ0) is 35.5. The van der Waals surface area contributed by atoms with Gasteiger partial charge in [0.05, 0.1) is 22.8 Å². The van der Waals surface area contributed by atoms with Crippen LogP contribution in [0.3, 0.4) is 0 Å². The highest BCUT2D eigenvalue weighted by atomic mass is 32.1. The SMILES string of the molecule is CC(N=C(/C=C(\N)c1ccccc1)c1cccc2c1sc1ccccc12)c1ccc(-n2c3ccc4ccccc4c3c3c4ccccc4ccc32)cc1. The van der Waals surface area contributed by atoms with E-state index in [1.807, 2.05) is 47.7 Å². The van der Waals surface area contributed by atoms with Crippen LogP contribution in [0.25, 0.3) is 74.9 Å². The molecule has 252 valence electrons. The number of thiophene rings is 1. The molecule has 1 unspecified atom stereocenters. The molecular formula is C49H35N3S. The van der Waals surface area contributed by atoms with Crippen LogP contribution in [-0.2, 0) is 0 Å². The third-order valence-electron chi connectivity index (χ3n) is 10.6. The summed E-state index contributed by atoms with van der Waals surface area (Å²) in [4.78, 5) is 5.42. The number of nitrogens with two attached hydrogens (primary N) is 1. The van der Waals surface area contributed by atoms with Crippen LogP contribution in [0.4, 0.5) is 0 Å². The molecule has 0 amide bonds. The number of aliphatic imine (C=N–C) groups is 1. The van der Waals surface area contributed by atoms with Crippen molar-refractivity contribution in [3.05, 3.63) is 193 Å². The van der Waals surface area contributed by atoms with Gasteiger partial charge >= 0.3 is 0 Å². The molecule has 10 aromatic rings. The fraction of sp³-hybridized carbons (Fsp3) is 0.0408. The summed E-state index contributed by atoms with van der Waals surface area (Å²) in [6, 6.07) is 60.6. The molecule has 0 aliphatic rings. The molecule has 0 spiro atoms. The summed E-state index contributed by atoms with van der Waals surface area (Å²) in [5.74, 6) is 0. The molecule has 2 aromatic heterocycles. The molecule has 10 rings (SSSR count). The first-order valence-corrected chi connectivity index (χ1v) is 18.9. The molecular weight excluding hydrogens is 663 g/mol. The summed E-state index contributed by atoms with van der Waals surface area (Å²) in [7, 11) is 0. The summed E-state index contributed by atoms with van der Waals surface area (Å²) >= 11 is 1.81. The van der Waals surface area contributed by atoms with Crippen molar-refractivity contribution >= 4 is 86.3 Å². The highest BCUT2D eigenvalue weighted by Crippen LogP contribution is 2.41. The van der Waals surface area contributed by atoms with Crippen molar-refractivity contribution in [3.8, 4) is 5.69 Å². The van der Waals surface area contributed by atoms with Gasteiger partial charge in [0.1, 0.15) is 0 Å². The summed E-state index contributed by atoms with van der Waals surface area (Å²) in [6.07, 6.45) is 2.05. The van der Waals surface area contributed by atoms with Gasteiger partial charge in [-0.05, 0) is 76.0 Å². The lowest BCUT2D eigenvalue weighted by Gasteiger charge is -2.14. The summed E-state index contributed by atoms with van der Waals surface area (Å²) in [5.41, 5.74) is 15.1. The van der Waals surface area contributed by atoms with Crippen LogP contribution in [0.5, 0.6) is 0 Å². The number of hydrogen-bond acceptors (Lipinski definition) is 3. The molecule has 0 aliphatic carbocycles. The van der Waals surface area contributed by atoms with Gasteiger partial charge in [-0.15, -0.1) is 11.3 Å². The van der Waals surface area contributed by atoms with E-state index in [0.29, 0.717) is 5.70 Å². The topological polar surface area (TPSA) is 43.3 Å². The van der Waals surface area contributed by atoms with Gasteiger partial charge in [-0.25, -0.2) is 0 Å². The van der Waals surface area contributed by atoms with Gasteiger partial charge in [0.15, 0.2) is 0 Å². The lowest BCUT2D eigenvalue weighted by Crippen LogP contribution is -2.06.